The molecule has 20 heavy (non-hydrogen) atoms. The third-order valence-corrected chi connectivity index (χ3v) is 2.56. The highest BCUT2D eigenvalue weighted by Gasteiger charge is 2.13. The van der Waals surface area contributed by atoms with Crippen molar-refractivity contribution in [2.45, 2.75) is 6.92 Å². The van der Waals surface area contributed by atoms with Crippen LogP contribution in [0, 0.1) is 0 Å². The smallest absolute Gasteiger partial charge is 0.286 e. The van der Waals surface area contributed by atoms with Gasteiger partial charge in [-0.3, -0.25) is 20.4 Å². The van der Waals surface area contributed by atoms with Crippen molar-refractivity contribution in [3.63, 3.8) is 0 Å². The third-order valence-electron chi connectivity index (χ3n) is 2.56. The van der Waals surface area contributed by atoms with Crippen molar-refractivity contribution >= 4 is 11.8 Å². The lowest BCUT2D eigenvalue weighted by molar-refractivity contribution is 0.0842. The second kappa shape index (κ2) is 6.42. The van der Waals surface area contributed by atoms with Gasteiger partial charge in [0.15, 0.2) is 0 Å². The first-order valence-corrected chi connectivity index (χ1v) is 6.18. The highest BCUT2D eigenvalue weighted by atomic mass is 16.5. The Morgan fingerprint density at radius 3 is 2.55 bits per heavy atom. The number of carbonyl (C=O) groups excluding carboxylic acids is 2. The molecule has 0 unspecified atom stereocenters. The van der Waals surface area contributed by atoms with Gasteiger partial charge in [0.25, 0.3) is 11.8 Å². The van der Waals surface area contributed by atoms with Gasteiger partial charge in [0.1, 0.15) is 11.4 Å². The van der Waals surface area contributed by atoms with Gasteiger partial charge in [0, 0.05) is 6.20 Å². The zero-order valence-electron chi connectivity index (χ0n) is 11.0. The van der Waals surface area contributed by atoms with Crippen molar-refractivity contribution < 1.29 is 14.3 Å². The largest absolute Gasteiger partial charge is 0.493 e. The summed E-state index contributed by atoms with van der Waals surface area (Å²) in [5.74, 6) is -0.382. The number of amides is 2. The van der Waals surface area contributed by atoms with Crippen LogP contribution in [0.2, 0.25) is 0 Å². The molecule has 0 bridgehead atoms. The maximum atomic E-state index is 12.0. The number of carbonyl (C=O) groups is 2. The molecule has 0 fully saturated rings. The summed E-state index contributed by atoms with van der Waals surface area (Å²) < 4.78 is 5.36. The van der Waals surface area contributed by atoms with Crippen LogP contribution in [0.1, 0.15) is 27.8 Å². The average Bonchev–Trinajstić information content (AvgIpc) is 2.99. The van der Waals surface area contributed by atoms with E-state index in [1.807, 2.05) is 6.92 Å². The van der Waals surface area contributed by atoms with Gasteiger partial charge in [0.2, 0.25) is 0 Å². The van der Waals surface area contributed by atoms with Crippen LogP contribution in [0.25, 0.3) is 0 Å². The molecule has 104 valence electrons. The molecular formula is C14H15N3O3. The number of para-hydroxylation sites is 1. The van der Waals surface area contributed by atoms with Crippen LogP contribution in [-0.2, 0) is 0 Å². The highest BCUT2D eigenvalue weighted by molar-refractivity contribution is 5.99. The fraction of sp³-hybridized carbons (Fsp3) is 0.143. The summed E-state index contributed by atoms with van der Waals surface area (Å²) in [5.41, 5.74) is 5.40. The average molecular weight is 273 g/mol. The Bertz CT molecular complexity index is 593. The van der Waals surface area contributed by atoms with Gasteiger partial charge < -0.3 is 9.72 Å². The van der Waals surface area contributed by atoms with Crippen LogP contribution in [0.15, 0.2) is 42.6 Å². The number of hydrogen-bond acceptors (Lipinski definition) is 3. The molecule has 0 aliphatic carbocycles. The Balaban J connectivity index is 2.00. The lowest BCUT2D eigenvalue weighted by Crippen LogP contribution is -2.41. The molecule has 0 saturated carbocycles. The number of aromatic amines is 1. The van der Waals surface area contributed by atoms with Crippen LogP contribution in [0.5, 0.6) is 5.75 Å². The monoisotopic (exact) mass is 273 g/mol. The van der Waals surface area contributed by atoms with E-state index in [9.17, 15) is 9.59 Å². The molecule has 1 aromatic heterocycles. The van der Waals surface area contributed by atoms with E-state index in [4.69, 9.17) is 4.74 Å². The van der Waals surface area contributed by atoms with Gasteiger partial charge >= 0.3 is 0 Å². The van der Waals surface area contributed by atoms with E-state index in [1.165, 1.54) is 0 Å². The SMILES string of the molecule is CCOc1ccccc1C(=O)NNC(=O)c1ccc[nH]1. The topological polar surface area (TPSA) is 83.2 Å². The molecule has 3 N–H and O–H groups in total. The number of H-pyrrole nitrogens is 1. The van der Waals surface area contributed by atoms with Crippen LogP contribution >= 0.6 is 0 Å². The first-order valence-electron chi connectivity index (χ1n) is 6.18. The lowest BCUT2D eigenvalue weighted by Gasteiger charge is -2.10. The minimum absolute atomic E-state index is 0.362. The summed E-state index contributed by atoms with van der Waals surface area (Å²) in [6.07, 6.45) is 1.63. The maximum absolute atomic E-state index is 12.0. The number of hydrazine groups is 1. The van der Waals surface area contributed by atoms with Crippen molar-refractivity contribution in [1.29, 1.82) is 0 Å². The number of rotatable bonds is 4. The van der Waals surface area contributed by atoms with E-state index >= 15 is 0 Å². The fourth-order valence-corrected chi connectivity index (χ4v) is 1.66. The third kappa shape index (κ3) is 3.17. The summed E-state index contributed by atoms with van der Waals surface area (Å²) in [4.78, 5) is 26.4. The van der Waals surface area contributed by atoms with Crippen molar-refractivity contribution in [3.05, 3.63) is 53.9 Å². The van der Waals surface area contributed by atoms with E-state index < -0.39 is 11.8 Å². The Labute approximate surface area is 116 Å². The predicted molar refractivity (Wildman–Crippen MR) is 73.3 cm³/mol. The number of ether oxygens (including phenoxy) is 1. The second-order valence-electron chi connectivity index (χ2n) is 3.92. The fourth-order valence-electron chi connectivity index (χ4n) is 1.66. The minimum Gasteiger partial charge on any atom is -0.493 e. The molecule has 0 saturated heterocycles. The summed E-state index contributed by atoms with van der Waals surface area (Å²) >= 11 is 0. The molecular weight excluding hydrogens is 258 g/mol. The van der Waals surface area contributed by atoms with E-state index in [-0.39, 0.29) is 0 Å². The molecule has 2 aromatic rings. The molecule has 0 aliphatic heterocycles. The predicted octanol–water partition coefficient (Wildman–Crippen LogP) is 1.49. The molecule has 1 aromatic carbocycles. The van der Waals surface area contributed by atoms with Crippen molar-refractivity contribution in [2.75, 3.05) is 6.61 Å². The highest BCUT2D eigenvalue weighted by Crippen LogP contribution is 2.17. The Hall–Kier alpha value is -2.76. The first kappa shape index (κ1) is 13.7. The maximum Gasteiger partial charge on any atom is 0.286 e. The van der Waals surface area contributed by atoms with Gasteiger partial charge in [-0.25, -0.2) is 0 Å². The van der Waals surface area contributed by atoms with Crippen molar-refractivity contribution in [2.24, 2.45) is 0 Å². The van der Waals surface area contributed by atoms with Crippen LogP contribution in [-0.4, -0.2) is 23.4 Å². The zero-order chi connectivity index (χ0) is 14.4. The Kier molecular flexibility index (Phi) is 4.39. The standard InChI is InChI=1S/C14H15N3O3/c1-2-20-12-8-4-3-6-10(12)13(18)16-17-14(19)11-7-5-9-15-11/h3-9,15H,2H2,1H3,(H,16,18)(H,17,19). The Morgan fingerprint density at radius 2 is 1.85 bits per heavy atom. The summed E-state index contributed by atoms with van der Waals surface area (Å²) in [6.45, 7) is 2.29. The number of benzene rings is 1. The lowest BCUT2D eigenvalue weighted by atomic mass is 10.2. The van der Waals surface area contributed by atoms with Crippen molar-refractivity contribution in [3.8, 4) is 5.75 Å². The molecule has 0 atom stereocenters. The molecule has 6 heteroatoms. The van der Waals surface area contributed by atoms with Gasteiger partial charge in [-0.05, 0) is 31.2 Å². The van der Waals surface area contributed by atoms with Crippen LogP contribution < -0.4 is 15.6 Å². The van der Waals surface area contributed by atoms with E-state index in [0.29, 0.717) is 23.6 Å². The molecule has 1 heterocycles. The van der Waals surface area contributed by atoms with E-state index in [0.717, 1.165) is 0 Å². The molecule has 2 rings (SSSR count). The minimum atomic E-state index is -0.436. The number of aromatic nitrogens is 1. The molecule has 6 nitrogen and oxygen atoms in total. The van der Waals surface area contributed by atoms with E-state index in [1.54, 1.807) is 42.6 Å². The quantitative estimate of drug-likeness (QED) is 0.738. The zero-order valence-corrected chi connectivity index (χ0v) is 11.0. The van der Waals surface area contributed by atoms with Gasteiger partial charge in [-0.1, -0.05) is 12.1 Å². The summed E-state index contributed by atoms with van der Waals surface area (Å²) in [6, 6.07) is 10.1. The Morgan fingerprint density at radius 1 is 1.10 bits per heavy atom. The van der Waals surface area contributed by atoms with Crippen LogP contribution in [0.3, 0.4) is 0 Å². The first-order chi connectivity index (χ1) is 9.72. The van der Waals surface area contributed by atoms with Gasteiger partial charge in [-0.2, -0.15) is 0 Å². The van der Waals surface area contributed by atoms with Crippen LogP contribution in [0.4, 0.5) is 0 Å². The number of hydrogen-bond donors (Lipinski definition) is 3. The van der Waals surface area contributed by atoms with E-state index in [2.05, 4.69) is 15.8 Å². The summed E-state index contributed by atoms with van der Waals surface area (Å²) in [5, 5.41) is 0. The molecule has 0 aliphatic rings. The van der Waals surface area contributed by atoms with Crippen molar-refractivity contribution in [1.82, 2.24) is 15.8 Å². The van der Waals surface area contributed by atoms with Gasteiger partial charge in [0.05, 0.1) is 12.2 Å². The van der Waals surface area contributed by atoms with Gasteiger partial charge in [-0.15, -0.1) is 0 Å². The number of nitrogens with one attached hydrogen (secondary N) is 3. The second-order valence-corrected chi connectivity index (χ2v) is 3.92. The molecule has 0 spiro atoms. The molecule has 0 radical (unpaired) electrons. The normalized spacial score (nSPS) is 9.85. The summed E-state index contributed by atoms with van der Waals surface area (Å²) in [7, 11) is 0. The molecule has 2 amide bonds.